The molecule has 56 valence electrons. The van der Waals surface area contributed by atoms with Crippen molar-refractivity contribution in [1.29, 1.82) is 0 Å². The fourth-order valence-corrected chi connectivity index (χ4v) is 1.31. The van der Waals surface area contributed by atoms with E-state index in [-0.39, 0.29) is 6.04 Å². The summed E-state index contributed by atoms with van der Waals surface area (Å²) in [6.45, 7) is 2.00. The first-order chi connectivity index (χ1) is 4.84. The van der Waals surface area contributed by atoms with E-state index < -0.39 is 0 Å². The fraction of sp³-hybridized carbons (Fsp3) is 0.500. The van der Waals surface area contributed by atoms with Gasteiger partial charge in [-0.25, -0.2) is 4.98 Å². The maximum Gasteiger partial charge on any atom is 0.112 e. The molecule has 0 aliphatic carbocycles. The van der Waals surface area contributed by atoms with E-state index in [1.54, 1.807) is 24.6 Å². The Hall–Kier alpha value is -0.450. The minimum atomic E-state index is 0.185. The Bertz CT molecular complexity index is 176. The van der Waals surface area contributed by atoms with E-state index in [1.165, 1.54) is 0 Å². The lowest BCUT2D eigenvalue weighted by atomic mass is 10.4. The summed E-state index contributed by atoms with van der Waals surface area (Å²) in [7, 11) is 1.60. The smallest absolute Gasteiger partial charge is 0.112 e. The summed E-state index contributed by atoms with van der Waals surface area (Å²) < 4.78 is 0. The Morgan fingerprint density at radius 1 is 1.80 bits per heavy atom. The number of rotatable bonds is 3. The van der Waals surface area contributed by atoms with Crippen LogP contribution in [0, 0.1) is 0 Å². The van der Waals surface area contributed by atoms with Crippen molar-refractivity contribution in [3.8, 4) is 0 Å². The van der Waals surface area contributed by atoms with Gasteiger partial charge in [-0.15, -0.1) is 11.3 Å². The Labute approximate surface area is 64.0 Å². The molecule has 0 aromatic carbocycles. The molecule has 1 aromatic heterocycles. The van der Waals surface area contributed by atoms with Gasteiger partial charge in [-0.3, -0.25) is 0 Å². The van der Waals surface area contributed by atoms with Gasteiger partial charge in [0.2, 0.25) is 0 Å². The third-order valence-electron chi connectivity index (χ3n) is 1.12. The van der Waals surface area contributed by atoms with E-state index in [0.29, 0.717) is 0 Å². The second kappa shape index (κ2) is 3.65. The topological polar surface area (TPSA) is 34.1 Å². The highest BCUT2D eigenvalue weighted by Crippen LogP contribution is 2.13. The highest BCUT2D eigenvalue weighted by Gasteiger charge is 2.04. The van der Waals surface area contributed by atoms with Gasteiger partial charge in [0.1, 0.15) is 5.01 Å². The SMILES string of the molecule is CONC(C)c1nccs1. The second-order valence-electron chi connectivity index (χ2n) is 1.91. The van der Waals surface area contributed by atoms with Crippen LogP contribution in [0.25, 0.3) is 0 Å². The van der Waals surface area contributed by atoms with Gasteiger partial charge in [0.15, 0.2) is 0 Å². The monoisotopic (exact) mass is 158 g/mol. The zero-order valence-electron chi connectivity index (χ0n) is 6.00. The van der Waals surface area contributed by atoms with Crippen molar-refractivity contribution in [2.24, 2.45) is 0 Å². The molecule has 0 saturated heterocycles. The Morgan fingerprint density at radius 2 is 2.60 bits per heavy atom. The largest absolute Gasteiger partial charge is 0.304 e. The van der Waals surface area contributed by atoms with Crippen molar-refractivity contribution in [2.75, 3.05) is 7.11 Å². The number of thiazole rings is 1. The summed E-state index contributed by atoms with van der Waals surface area (Å²) in [5, 5.41) is 2.99. The van der Waals surface area contributed by atoms with Crippen LogP contribution in [0.5, 0.6) is 0 Å². The van der Waals surface area contributed by atoms with E-state index in [9.17, 15) is 0 Å². The van der Waals surface area contributed by atoms with Crippen molar-refractivity contribution < 1.29 is 4.84 Å². The minimum absolute atomic E-state index is 0.185. The summed E-state index contributed by atoms with van der Waals surface area (Å²) in [6, 6.07) is 0.185. The zero-order valence-corrected chi connectivity index (χ0v) is 6.81. The molecule has 1 atom stereocenters. The maximum absolute atomic E-state index is 4.74. The minimum Gasteiger partial charge on any atom is -0.304 e. The first kappa shape index (κ1) is 7.65. The normalized spacial score (nSPS) is 13.4. The summed E-state index contributed by atoms with van der Waals surface area (Å²) in [6.07, 6.45) is 1.79. The van der Waals surface area contributed by atoms with Crippen molar-refractivity contribution in [2.45, 2.75) is 13.0 Å². The molecule has 1 heterocycles. The molecule has 4 heteroatoms. The molecule has 0 fully saturated rings. The fourth-order valence-electron chi connectivity index (χ4n) is 0.676. The van der Waals surface area contributed by atoms with Gasteiger partial charge in [-0.2, -0.15) is 5.48 Å². The number of nitrogens with zero attached hydrogens (tertiary/aromatic N) is 1. The molecule has 0 radical (unpaired) electrons. The van der Waals surface area contributed by atoms with Crippen LogP contribution in [0.2, 0.25) is 0 Å². The van der Waals surface area contributed by atoms with Crippen LogP contribution in [0.15, 0.2) is 11.6 Å². The Kier molecular flexibility index (Phi) is 2.80. The van der Waals surface area contributed by atoms with E-state index in [0.717, 1.165) is 5.01 Å². The molecule has 0 spiro atoms. The molecule has 0 aliphatic heterocycles. The van der Waals surface area contributed by atoms with E-state index in [1.807, 2.05) is 12.3 Å². The Morgan fingerprint density at radius 3 is 3.10 bits per heavy atom. The van der Waals surface area contributed by atoms with E-state index >= 15 is 0 Å². The molecule has 1 rings (SSSR count). The average Bonchev–Trinajstić information content (AvgIpc) is 2.38. The van der Waals surface area contributed by atoms with Crippen molar-refractivity contribution in [3.63, 3.8) is 0 Å². The lowest BCUT2D eigenvalue weighted by molar-refractivity contribution is 0.0658. The van der Waals surface area contributed by atoms with Crippen LogP contribution in [0.4, 0.5) is 0 Å². The molecule has 0 amide bonds. The predicted octanol–water partition coefficient (Wildman–Crippen LogP) is 1.36. The van der Waals surface area contributed by atoms with E-state index in [4.69, 9.17) is 4.84 Å². The van der Waals surface area contributed by atoms with Gasteiger partial charge in [0, 0.05) is 11.6 Å². The van der Waals surface area contributed by atoms with Crippen LogP contribution < -0.4 is 5.48 Å². The van der Waals surface area contributed by atoms with E-state index in [2.05, 4.69) is 10.5 Å². The lowest BCUT2D eigenvalue weighted by Crippen LogP contribution is -2.16. The van der Waals surface area contributed by atoms with Crippen molar-refractivity contribution in [1.82, 2.24) is 10.5 Å². The highest BCUT2D eigenvalue weighted by molar-refractivity contribution is 7.09. The summed E-state index contributed by atoms with van der Waals surface area (Å²) >= 11 is 1.62. The predicted molar refractivity (Wildman–Crippen MR) is 40.7 cm³/mol. The standard InChI is InChI=1S/C6H10N2OS/c1-5(8-9-2)6-7-3-4-10-6/h3-5,8H,1-2H3. The van der Waals surface area contributed by atoms with Gasteiger partial charge in [0.25, 0.3) is 0 Å². The van der Waals surface area contributed by atoms with Crippen LogP contribution in [0.1, 0.15) is 18.0 Å². The van der Waals surface area contributed by atoms with Crippen molar-refractivity contribution in [3.05, 3.63) is 16.6 Å². The van der Waals surface area contributed by atoms with Crippen molar-refractivity contribution >= 4 is 11.3 Å². The number of nitrogens with one attached hydrogen (secondary N) is 1. The van der Waals surface area contributed by atoms with Crippen LogP contribution in [-0.2, 0) is 4.84 Å². The molecule has 1 N–H and O–H groups in total. The van der Waals surface area contributed by atoms with Gasteiger partial charge >= 0.3 is 0 Å². The van der Waals surface area contributed by atoms with Gasteiger partial charge in [-0.1, -0.05) is 0 Å². The molecule has 3 nitrogen and oxygen atoms in total. The maximum atomic E-state index is 4.74. The number of hydroxylamine groups is 1. The molecule has 0 saturated carbocycles. The highest BCUT2D eigenvalue weighted by atomic mass is 32.1. The molecule has 10 heavy (non-hydrogen) atoms. The second-order valence-corrected chi connectivity index (χ2v) is 2.84. The zero-order chi connectivity index (χ0) is 7.40. The first-order valence-corrected chi connectivity index (χ1v) is 3.90. The molecule has 0 aliphatic rings. The number of hydrogen-bond donors (Lipinski definition) is 1. The third kappa shape index (κ3) is 1.76. The Balaban J connectivity index is 2.50. The molecular formula is C6H10N2OS. The lowest BCUT2D eigenvalue weighted by Gasteiger charge is -2.06. The molecule has 1 aromatic rings. The molecular weight excluding hydrogens is 148 g/mol. The summed E-state index contributed by atoms with van der Waals surface area (Å²) in [5.41, 5.74) is 2.80. The van der Waals surface area contributed by atoms with Gasteiger partial charge in [-0.05, 0) is 6.92 Å². The van der Waals surface area contributed by atoms with Gasteiger partial charge < -0.3 is 4.84 Å². The van der Waals surface area contributed by atoms with Gasteiger partial charge in [0.05, 0.1) is 13.2 Å². The van der Waals surface area contributed by atoms with Crippen LogP contribution in [0.3, 0.4) is 0 Å². The summed E-state index contributed by atoms with van der Waals surface area (Å²) in [5.74, 6) is 0. The number of hydrogen-bond acceptors (Lipinski definition) is 4. The quantitative estimate of drug-likeness (QED) is 0.674. The third-order valence-corrected chi connectivity index (χ3v) is 2.07. The van der Waals surface area contributed by atoms with Crippen LogP contribution >= 0.6 is 11.3 Å². The van der Waals surface area contributed by atoms with Crippen LogP contribution in [-0.4, -0.2) is 12.1 Å². The number of aromatic nitrogens is 1. The first-order valence-electron chi connectivity index (χ1n) is 3.02. The molecule has 0 bridgehead atoms. The molecule has 1 unspecified atom stereocenters. The average molecular weight is 158 g/mol. The summed E-state index contributed by atoms with van der Waals surface area (Å²) in [4.78, 5) is 8.85.